The summed E-state index contributed by atoms with van der Waals surface area (Å²) in [4.78, 5) is 24.8. The van der Waals surface area contributed by atoms with Crippen LogP contribution < -0.4 is 14.8 Å². The summed E-state index contributed by atoms with van der Waals surface area (Å²) in [6.07, 6.45) is 2.24. The molecule has 2 aromatic carbocycles. The molecule has 0 atom stereocenters. The van der Waals surface area contributed by atoms with Crippen molar-refractivity contribution < 1.29 is 27.5 Å². The third-order valence-electron chi connectivity index (χ3n) is 4.09. The Labute approximate surface area is 203 Å². The highest BCUT2D eigenvalue weighted by molar-refractivity contribution is 7.92. The van der Waals surface area contributed by atoms with E-state index >= 15 is 0 Å². The Morgan fingerprint density at radius 2 is 1.85 bits per heavy atom. The fourth-order valence-electron chi connectivity index (χ4n) is 2.49. The predicted molar refractivity (Wildman–Crippen MR) is 125 cm³/mol. The summed E-state index contributed by atoms with van der Waals surface area (Å²) in [6, 6.07) is 12.4. The number of nitrogens with zero attached hydrogens (tertiary/aromatic N) is 3. The van der Waals surface area contributed by atoms with Gasteiger partial charge in [0.25, 0.3) is 5.91 Å². The Hall–Kier alpha value is -3.79. The standard InChI is InChI=1S/C21H15ClN4O6S2/c1-31-17-10-12(3-8-16(17)32-19(28)13-4-6-15(22)7-5-13)9-14(11-23)18(27)24-20-25-26-21(33-20)34(2,29)30/h3-10H,1-2H3,(H,24,25,27). The van der Waals surface area contributed by atoms with Crippen molar-refractivity contribution in [3.05, 3.63) is 64.2 Å². The number of carbonyl (C=O) groups excluding carboxylic acids is 2. The normalized spacial score (nSPS) is 11.4. The van der Waals surface area contributed by atoms with Crippen molar-refractivity contribution in [3.8, 4) is 17.6 Å². The van der Waals surface area contributed by atoms with Gasteiger partial charge in [-0.25, -0.2) is 13.2 Å². The van der Waals surface area contributed by atoms with Crippen molar-refractivity contribution in [2.45, 2.75) is 4.34 Å². The van der Waals surface area contributed by atoms with Crippen molar-refractivity contribution in [2.24, 2.45) is 0 Å². The highest BCUT2D eigenvalue weighted by Crippen LogP contribution is 2.30. The molecule has 174 valence electrons. The van der Waals surface area contributed by atoms with Crippen molar-refractivity contribution in [3.63, 3.8) is 0 Å². The highest BCUT2D eigenvalue weighted by atomic mass is 35.5. The summed E-state index contributed by atoms with van der Waals surface area (Å²) in [5.41, 5.74) is 0.405. The molecule has 0 fully saturated rings. The van der Waals surface area contributed by atoms with Crippen LogP contribution in [0, 0.1) is 11.3 Å². The van der Waals surface area contributed by atoms with Crippen LogP contribution in [-0.2, 0) is 14.6 Å². The van der Waals surface area contributed by atoms with Crippen LogP contribution >= 0.6 is 22.9 Å². The number of hydrogen-bond acceptors (Lipinski definition) is 10. The third-order valence-corrected chi connectivity index (χ3v) is 6.85. The van der Waals surface area contributed by atoms with E-state index in [0.717, 1.165) is 6.26 Å². The second-order valence-corrected chi connectivity index (χ2v) is 10.2. The Balaban J connectivity index is 1.78. The minimum absolute atomic E-state index is 0.0754. The molecule has 0 saturated heterocycles. The first kappa shape index (κ1) is 24.8. The summed E-state index contributed by atoms with van der Waals surface area (Å²) in [7, 11) is -2.20. The van der Waals surface area contributed by atoms with Gasteiger partial charge in [0.15, 0.2) is 11.5 Å². The lowest BCUT2D eigenvalue weighted by Gasteiger charge is -2.10. The number of hydrogen-bond donors (Lipinski definition) is 1. The van der Waals surface area contributed by atoms with Crippen LogP contribution in [0.5, 0.6) is 11.5 Å². The molecule has 0 saturated carbocycles. The van der Waals surface area contributed by atoms with Gasteiger partial charge in [-0.2, -0.15) is 5.26 Å². The molecule has 0 radical (unpaired) electrons. The van der Waals surface area contributed by atoms with E-state index in [-0.39, 0.29) is 32.1 Å². The molecule has 0 aliphatic rings. The molecule has 0 unspecified atom stereocenters. The summed E-state index contributed by atoms with van der Waals surface area (Å²) in [6.45, 7) is 0. The van der Waals surface area contributed by atoms with Gasteiger partial charge in [-0.1, -0.05) is 29.0 Å². The van der Waals surface area contributed by atoms with Gasteiger partial charge in [-0.15, -0.1) is 10.2 Å². The van der Waals surface area contributed by atoms with Gasteiger partial charge in [0.05, 0.1) is 12.7 Å². The number of carbonyl (C=O) groups is 2. The summed E-state index contributed by atoms with van der Waals surface area (Å²) >= 11 is 6.48. The average molecular weight is 519 g/mol. The number of amides is 1. The van der Waals surface area contributed by atoms with Crippen molar-refractivity contribution in [1.82, 2.24) is 10.2 Å². The molecule has 13 heteroatoms. The molecular weight excluding hydrogens is 504 g/mol. The predicted octanol–water partition coefficient (Wildman–Crippen LogP) is 3.37. The second kappa shape index (κ2) is 10.4. The monoisotopic (exact) mass is 518 g/mol. The van der Waals surface area contributed by atoms with Gasteiger partial charge < -0.3 is 9.47 Å². The van der Waals surface area contributed by atoms with Crippen LogP contribution in [0.15, 0.2) is 52.4 Å². The number of esters is 1. The first-order valence-corrected chi connectivity index (χ1v) is 12.3. The largest absolute Gasteiger partial charge is 0.493 e. The first-order valence-electron chi connectivity index (χ1n) is 9.23. The molecule has 0 bridgehead atoms. The molecule has 10 nitrogen and oxygen atoms in total. The first-order chi connectivity index (χ1) is 16.1. The van der Waals surface area contributed by atoms with Crippen molar-refractivity contribution in [1.29, 1.82) is 5.26 Å². The number of ether oxygens (including phenoxy) is 2. The number of benzene rings is 2. The fraction of sp³-hybridized carbons (Fsp3) is 0.0952. The molecular formula is C21H15ClN4O6S2. The van der Waals surface area contributed by atoms with E-state index in [1.807, 2.05) is 0 Å². The molecule has 34 heavy (non-hydrogen) atoms. The van der Waals surface area contributed by atoms with Crippen LogP contribution in [0.25, 0.3) is 6.08 Å². The molecule has 1 N–H and O–H groups in total. The zero-order valence-electron chi connectivity index (χ0n) is 17.6. The maximum atomic E-state index is 12.4. The number of sulfone groups is 1. The molecule has 0 aliphatic carbocycles. The van der Waals surface area contributed by atoms with Crippen LogP contribution in [0.4, 0.5) is 5.13 Å². The number of halogens is 1. The van der Waals surface area contributed by atoms with Crippen molar-refractivity contribution in [2.75, 3.05) is 18.7 Å². The van der Waals surface area contributed by atoms with E-state index in [4.69, 9.17) is 21.1 Å². The molecule has 3 rings (SSSR count). The number of anilines is 1. The molecule has 1 aromatic heterocycles. The van der Waals surface area contributed by atoms with Gasteiger partial charge in [0.2, 0.25) is 19.3 Å². The van der Waals surface area contributed by atoms with Crippen LogP contribution in [0.1, 0.15) is 15.9 Å². The van der Waals surface area contributed by atoms with E-state index in [0.29, 0.717) is 21.9 Å². The average Bonchev–Trinajstić information content (AvgIpc) is 3.27. The minimum atomic E-state index is -3.57. The second-order valence-electron chi connectivity index (χ2n) is 6.58. The Bertz CT molecular complexity index is 1430. The van der Waals surface area contributed by atoms with Gasteiger partial charge >= 0.3 is 5.97 Å². The van der Waals surface area contributed by atoms with Crippen LogP contribution in [0.2, 0.25) is 5.02 Å². The van der Waals surface area contributed by atoms with E-state index in [1.54, 1.807) is 18.2 Å². The SMILES string of the molecule is COc1cc(C=C(C#N)C(=O)Nc2nnc(S(C)(=O)=O)s2)ccc1OC(=O)c1ccc(Cl)cc1. The number of aromatic nitrogens is 2. The Kier molecular flexibility index (Phi) is 7.62. The zero-order valence-corrected chi connectivity index (χ0v) is 20.0. The minimum Gasteiger partial charge on any atom is -0.493 e. The lowest BCUT2D eigenvalue weighted by molar-refractivity contribution is -0.112. The topological polar surface area (TPSA) is 148 Å². The summed E-state index contributed by atoms with van der Waals surface area (Å²) in [5.74, 6) is -1.11. The smallest absolute Gasteiger partial charge is 0.343 e. The van der Waals surface area contributed by atoms with Gasteiger partial charge in [-0.3, -0.25) is 10.1 Å². The van der Waals surface area contributed by atoms with Crippen LogP contribution in [0.3, 0.4) is 0 Å². The van der Waals surface area contributed by atoms with Gasteiger partial charge in [-0.05, 0) is 48.0 Å². The van der Waals surface area contributed by atoms with E-state index in [9.17, 15) is 23.3 Å². The Morgan fingerprint density at radius 3 is 2.44 bits per heavy atom. The summed E-state index contributed by atoms with van der Waals surface area (Å²) < 4.78 is 33.4. The van der Waals surface area contributed by atoms with E-state index < -0.39 is 21.7 Å². The lowest BCUT2D eigenvalue weighted by Crippen LogP contribution is -2.13. The van der Waals surface area contributed by atoms with Gasteiger partial charge in [0, 0.05) is 11.3 Å². The number of nitriles is 1. The zero-order chi connectivity index (χ0) is 24.9. The maximum absolute atomic E-state index is 12.4. The fourth-order valence-corrected chi connectivity index (χ4v) is 4.12. The number of methoxy groups -OCH3 is 1. The van der Waals surface area contributed by atoms with Crippen molar-refractivity contribution >= 4 is 55.9 Å². The molecule has 1 heterocycles. The molecule has 0 aliphatic heterocycles. The van der Waals surface area contributed by atoms with Gasteiger partial charge in [0.1, 0.15) is 11.6 Å². The van der Waals surface area contributed by atoms with Crippen LogP contribution in [-0.4, -0.2) is 43.9 Å². The third kappa shape index (κ3) is 6.16. The van der Waals surface area contributed by atoms with E-state index in [1.165, 1.54) is 43.5 Å². The molecule has 0 spiro atoms. The maximum Gasteiger partial charge on any atom is 0.343 e. The highest BCUT2D eigenvalue weighted by Gasteiger charge is 2.18. The number of nitrogens with one attached hydrogen (secondary N) is 1. The molecule has 3 aromatic rings. The summed E-state index contributed by atoms with van der Waals surface area (Å²) in [5, 5.41) is 19.2. The quantitative estimate of drug-likeness (QED) is 0.163. The molecule has 1 amide bonds. The Morgan fingerprint density at radius 1 is 1.15 bits per heavy atom. The lowest BCUT2D eigenvalue weighted by atomic mass is 10.1. The number of rotatable bonds is 7. The van der Waals surface area contributed by atoms with E-state index in [2.05, 4.69) is 15.5 Å².